The Kier molecular flexibility index (Phi) is 9.43. The van der Waals surface area contributed by atoms with E-state index in [-0.39, 0.29) is 10.8 Å². The molecule has 0 atom stereocenters. The van der Waals surface area contributed by atoms with Gasteiger partial charge in [-0.05, 0) is 159 Å². The SMILES string of the molecule is CC1(C)c2ccccc2-c2ccc(-c3c4ccc(-c5ccc(-c6nc7ccccc7s6)cc5)cc4c(-c4ccc5c(c4)C(C)(C)c4ccccc4-5)c4ccc(-c5ccc(-c6nc7ccccc7s6)cc5)cc34)cc21. The van der Waals surface area contributed by atoms with Gasteiger partial charge in [0.05, 0.1) is 20.4 Å². The first-order valence-electron chi connectivity index (χ1n) is 25.6. The normalized spacial score (nSPS) is 13.9. The fraction of sp³-hybridized carbons (Fsp3) is 0.0857. The smallest absolute Gasteiger partial charge is 0.124 e. The van der Waals surface area contributed by atoms with Gasteiger partial charge in [-0.2, -0.15) is 0 Å². The van der Waals surface area contributed by atoms with Crippen LogP contribution in [-0.2, 0) is 10.8 Å². The molecule has 15 rings (SSSR count). The van der Waals surface area contributed by atoms with Gasteiger partial charge in [0, 0.05) is 22.0 Å². The standard InChI is InChI=1S/C70H48N2S2/c1-69(2)57-15-7-5-13-49(57)51-33-31-47(39-59(51)69)65-53-35-29-46(42-23-27-44(28-24-42)68-72-62-18-10-12-20-64(62)74-68)38-56(53)66(48-32-34-52-50-14-6-8-16-58(50)70(3,4)60(52)40-48)54-36-30-45(37-55(54)65)41-21-25-43(26-22-41)67-71-61-17-9-11-19-63(61)73-67/h5-40H,1-4H3. The maximum Gasteiger partial charge on any atom is 0.124 e. The molecule has 0 bridgehead atoms. The molecule has 13 aromatic rings. The highest BCUT2D eigenvalue weighted by Gasteiger charge is 2.37. The zero-order valence-corrected chi connectivity index (χ0v) is 43.1. The Balaban J connectivity index is 0.966. The van der Waals surface area contributed by atoms with E-state index < -0.39 is 0 Å². The molecule has 0 radical (unpaired) electrons. The zero-order chi connectivity index (χ0) is 49.5. The number of rotatable bonds is 6. The summed E-state index contributed by atoms with van der Waals surface area (Å²) in [5, 5.41) is 7.04. The van der Waals surface area contributed by atoms with Gasteiger partial charge in [-0.3, -0.25) is 0 Å². The second kappa shape index (κ2) is 16.1. The molecule has 74 heavy (non-hydrogen) atoms. The first-order valence-corrected chi connectivity index (χ1v) is 27.2. The molecule has 11 aromatic carbocycles. The minimum absolute atomic E-state index is 0.150. The largest absolute Gasteiger partial charge is 0.236 e. The quantitative estimate of drug-likeness (QED) is 0.155. The van der Waals surface area contributed by atoms with Gasteiger partial charge in [0.25, 0.3) is 0 Å². The van der Waals surface area contributed by atoms with Crippen molar-refractivity contribution in [2.45, 2.75) is 38.5 Å². The monoisotopic (exact) mass is 980 g/mol. The summed E-state index contributed by atoms with van der Waals surface area (Å²) in [6.45, 7) is 9.55. The zero-order valence-electron chi connectivity index (χ0n) is 41.5. The van der Waals surface area contributed by atoms with Crippen molar-refractivity contribution >= 4 is 64.7 Å². The second-order valence-electron chi connectivity index (χ2n) is 21.3. The lowest BCUT2D eigenvalue weighted by atomic mass is 9.79. The van der Waals surface area contributed by atoms with Crippen LogP contribution in [0, 0.1) is 0 Å². The summed E-state index contributed by atoms with van der Waals surface area (Å²) in [5.74, 6) is 0. The third kappa shape index (κ3) is 6.54. The molecule has 2 nitrogen and oxygen atoms in total. The van der Waals surface area contributed by atoms with Crippen LogP contribution in [0.1, 0.15) is 49.9 Å². The molecule has 350 valence electrons. The first-order chi connectivity index (χ1) is 36.2. The van der Waals surface area contributed by atoms with Crippen molar-refractivity contribution in [2.75, 3.05) is 0 Å². The molecule has 0 saturated heterocycles. The maximum atomic E-state index is 4.99. The molecule has 4 heteroatoms. The molecule has 2 aromatic heterocycles. The molecule has 2 aliphatic carbocycles. The van der Waals surface area contributed by atoms with Crippen molar-refractivity contribution in [1.29, 1.82) is 0 Å². The van der Waals surface area contributed by atoms with Crippen molar-refractivity contribution < 1.29 is 0 Å². The molecular weight excluding hydrogens is 933 g/mol. The van der Waals surface area contributed by atoms with Gasteiger partial charge in [0.15, 0.2) is 0 Å². The molecule has 0 fully saturated rings. The van der Waals surface area contributed by atoms with E-state index in [1.54, 1.807) is 22.7 Å². The summed E-state index contributed by atoms with van der Waals surface area (Å²) in [6.07, 6.45) is 0. The number of aromatic nitrogens is 2. The number of para-hydroxylation sites is 2. The number of thiazole rings is 2. The second-order valence-corrected chi connectivity index (χ2v) is 23.3. The highest BCUT2D eigenvalue weighted by molar-refractivity contribution is 7.22. The van der Waals surface area contributed by atoms with Crippen LogP contribution < -0.4 is 0 Å². The summed E-state index contributed by atoms with van der Waals surface area (Å²) >= 11 is 3.50. The number of hydrogen-bond acceptors (Lipinski definition) is 4. The Morgan fingerprint density at radius 2 is 0.635 bits per heavy atom. The summed E-state index contributed by atoms with van der Waals surface area (Å²) in [5.41, 5.74) is 24.6. The number of nitrogens with zero attached hydrogens (tertiary/aromatic N) is 2. The van der Waals surface area contributed by atoms with Crippen LogP contribution in [0.15, 0.2) is 218 Å². The Bertz CT molecular complexity index is 4120. The van der Waals surface area contributed by atoms with E-state index in [2.05, 4.69) is 246 Å². The predicted octanol–water partition coefficient (Wildman–Crippen LogP) is 19.8. The van der Waals surface area contributed by atoms with E-state index in [1.165, 1.54) is 120 Å². The molecule has 0 amide bonds. The molecule has 0 saturated carbocycles. The van der Waals surface area contributed by atoms with Gasteiger partial charge >= 0.3 is 0 Å². The van der Waals surface area contributed by atoms with Crippen molar-refractivity contribution in [3.63, 3.8) is 0 Å². The minimum Gasteiger partial charge on any atom is -0.236 e. The van der Waals surface area contributed by atoms with Crippen LogP contribution in [0.25, 0.3) is 130 Å². The van der Waals surface area contributed by atoms with E-state index in [9.17, 15) is 0 Å². The summed E-state index contributed by atoms with van der Waals surface area (Å²) in [4.78, 5) is 9.99. The van der Waals surface area contributed by atoms with Crippen molar-refractivity contribution in [3.8, 4) is 87.9 Å². The van der Waals surface area contributed by atoms with Crippen molar-refractivity contribution in [3.05, 3.63) is 241 Å². The fourth-order valence-electron chi connectivity index (χ4n) is 12.5. The van der Waals surface area contributed by atoms with Crippen LogP contribution >= 0.6 is 22.7 Å². The molecule has 0 spiro atoms. The number of hydrogen-bond donors (Lipinski definition) is 0. The summed E-state index contributed by atoms with van der Waals surface area (Å²) < 4.78 is 2.41. The minimum atomic E-state index is -0.150. The number of benzene rings is 11. The highest BCUT2D eigenvalue weighted by Crippen LogP contribution is 2.54. The lowest BCUT2D eigenvalue weighted by Gasteiger charge is -2.24. The Labute approximate surface area is 439 Å². The topological polar surface area (TPSA) is 25.8 Å². The third-order valence-corrected chi connectivity index (χ3v) is 18.5. The fourth-order valence-corrected chi connectivity index (χ4v) is 14.5. The predicted molar refractivity (Wildman–Crippen MR) is 316 cm³/mol. The van der Waals surface area contributed by atoms with E-state index in [0.717, 1.165) is 32.2 Å². The third-order valence-electron chi connectivity index (χ3n) is 16.4. The van der Waals surface area contributed by atoms with Gasteiger partial charge in [0.2, 0.25) is 0 Å². The van der Waals surface area contributed by atoms with Crippen LogP contribution in [0.2, 0.25) is 0 Å². The van der Waals surface area contributed by atoms with Crippen LogP contribution in [0.3, 0.4) is 0 Å². The molecule has 2 heterocycles. The Morgan fingerprint density at radius 3 is 1.07 bits per heavy atom. The van der Waals surface area contributed by atoms with Gasteiger partial charge in [0.1, 0.15) is 10.0 Å². The molecular formula is C70H48N2S2. The van der Waals surface area contributed by atoms with E-state index in [4.69, 9.17) is 9.97 Å². The highest BCUT2D eigenvalue weighted by atomic mass is 32.1. The Hall–Kier alpha value is -8.28. The molecule has 0 aliphatic heterocycles. The lowest BCUT2D eigenvalue weighted by molar-refractivity contribution is 0.660. The average Bonchev–Trinajstić information content (AvgIpc) is 4.21. The van der Waals surface area contributed by atoms with Gasteiger partial charge in [-0.1, -0.05) is 198 Å². The Morgan fingerprint density at radius 1 is 0.284 bits per heavy atom. The van der Waals surface area contributed by atoms with Crippen LogP contribution in [0.5, 0.6) is 0 Å². The summed E-state index contributed by atoms with van der Waals surface area (Å²) in [7, 11) is 0. The summed E-state index contributed by atoms with van der Waals surface area (Å²) in [6, 6.07) is 81.8. The van der Waals surface area contributed by atoms with Gasteiger partial charge < -0.3 is 0 Å². The number of fused-ring (bicyclic) bond motifs is 10. The lowest BCUT2D eigenvalue weighted by Crippen LogP contribution is -2.15. The molecule has 2 aliphatic rings. The van der Waals surface area contributed by atoms with Crippen molar-refractivity contribution in [1.82, 2.24) is 9.97 Å². The molecule has 0 unspecified atom stereocenters. The van der Waals surface area contributed by atoms with Gasteiger partial charge in [-0.25, -0.2) is 9.97 Å². The maximum absolute atomic E-state index is 4.99. The van der Waals surface area contributed by atoms with E-state index in [0.29, 0.717) is 0 Å². The van der Waals surface area contributed by atoms with Gasteiger partial charge in [-0.15, -0.1) is 22.7 Å². The first kappa shape index (κ1) is 43.3. The molecule has 0 N–H and O–H groups in total. The van der Waals surface area contributed by atoms with Crippen LogP contribution in [0.4, 0.5) is 0 Å². The van der Waals surface area contributed by atoms with E-state index in [1.807, 2.05) is 0 Å². The van der Waals surface area contributed by atoms with Crippen LogP contribution in [-0.4, -0.2) is 9.97 Å². The average molecular weight is 981 g/mol. The van der Waals surface area contributed by atoms with Crippen molar-refractivity contribution in [2.24, 2.45) is 0 Å². The van der Waals surface area contributed by atoms with E-state index >= 15 is 0 Å².